The molecule has 2 saturated heterocycles. The Bertz CT molecular complexity index is 1180. The molecule has 176 valence electrons. The highest BCUT2D eigenvalue weighted by Gasteiger charge is 2.36. The summed E-state index contributed by atoms with van der Waals surface area (Å²) < 4.78 is 5.65. The van der Waals surface area contributed by atoms with Gasteiger partial charge in [-0.05, 0) is 69.7 Å². The summed E-state index contributed by atoms with van der Waals surface area (Å²) in [7, 11) is 0. The van der Waals surface area contributed by atoms with Gasteiger partial charge in [0, 0.05) is 30.5 Å². The molecule has 0 saturated carbocycles. The minimum atomic E-state index is -0.626. The molecule has 0 atom stereocenters. The van der Waals surface area contributed by atoms with Crippen LogP contribution < -0.4 is 10.2 Å². The largest absolute Gasteiger partial charge is 0.378 e. The summed E-state index contributed by atoms with van der Waals surface area (Å²) in [6.07, 6.45) is 1.40. The monoisotopic (exact) mass is 546 g/mol. The second-order valence-electron chi connectivity index (χ2n) is 7.43. The predicted molar refractivity (Wildman–Crippen MR) is 132 cm³/mol. The number of nitrogens with one attached hydrogen (secondary N) is 1. The molecule has 2 fully saturated rings. The molecule has 0 aromatic heterocycles. The molecule has 0 unspecified atom stereocenters. The first kappa shape index (κ1) is 23.9. The Kier molecular flexibility index (Phi) is 7.29. The van der Waals surface area contributed by atoms with Gasteiger partial charge in [-0.2, -0.15) is 0 Å². The first-order chi connectivity index (χ1) is 16.3. The molecule has 0 radical (unpaired) electrons. The van der Waals surface area contributed by atoms with Crippen molar-refractivity contribution in [3.8, 4) is 0 Å². The predicted octanol–water partition coefficient (Wildman–Crippen LogP) is 3.87. The van der Waals surface area contributed by atoms with Gasteiger partial charge in [0.15, 0.2) is 0 Å². The summed E-state index contributed by atoms with van der Waals surface area (Å²) in [6, 6.07) is 11.7. The minimum Gasteiger partial charge on any atom is -0.378 e. The van der Waals surface area contributed by atoms with Crippen LogP contribution in [0.4, 0.5) is 21.9 Å². The van der Waals surface area contributed by atoms with Crippen molar-refractivity contribution in [2.45, 2.75) is 0 Å². The number of amides is 3. The maximum atomic E-state index is 12.7. The van der Waals surface area contributed by atoms with Gasteiger partial charge in [0.1, 0.15) is 6.54 Å². The van der Waals surface area contributed by atoms with E-state index in [-0.39, 0.29) is 10.6 Å². The lowest BCUT2D eigenvalue weighted by molar-refractivity contribution is -0.385. The van der Waals surface area contributed by atoms with Crippen LogP contribution in [0.5, 0.6) is 0 Å². The molecule has 34 heavy (non-hydrogen) atoms. The molecule has 0 bridgehead atoms. The smallest absolute Gasteiger partial charge is 0.294 e. The van der Waals surface area contributed by atoms with Crippen LogP contribution in [0.15, 0.2) is 51.8 Å². The minimum absolute atomic E-state index is 0.0873. The van der Waals surface area contributed by atoms with Gasteiger partial charge in [0.2, 0.25) is 5.91 Å². The van der Waals surface area contributed by atoms with Crippen LogP contribution in [-0.2, 0) is 14.3 Å². The molecular formula is C22H19BrN4O6S. The number of imide groups is 1. The maximum Gasteiger partial charge on any atom is 0.294 e. The second kappa shape index (κ2) is 10.4. The molecule has 2 aliphatic rings. The summed E-state index contributed by atoms with van der Waals surface area (Å²) in [5.74, 6) is -1.14. The van der Waals surface area contributed by atoms with Crippen LogP contribution >= 0.6 is 27.7 Å². The summed E-state index contributed by atoms with van der Waals surface area (Å²) in [5.41, 5.74) is 1.80. The van der Waals surface area contributed by atoms with Gasteiger partial charge in [-0.15, -0.1) is 0 Å². The molecular weight excluding hydrogens is 528 g/mol. The first-order valence-corrected chi connectivity index (χ1v) is 11.8. The van der Waals surface area contributed by atoms with Gasteiger partial charge in [0.05, 0.1) is 27.5 Å². The molecule has 1 N–H and O–H groups in total. The molecule has 12 heteroatoms. The number of nitro groups is 1. The molecule has 4 rings (SSSR count). The van der Waals surface area contributed by atoms with Crippen molar-refractivity contribution < 1.29 is 24.0 Å². The number of rotatable bonds is 6. The summed E-state index contributed by atoms with van der Waals surface area (Å²) in [4.78, 5) is 51.2. The average molecular weight is 547 g/mol. The number of ether oxygens (including phenoxy) is 1. The molecule has 2 aromatic carbocycles. The number of hydrogen-bond donors (Lipinski definition) is 1. The number of halogens is 1. The lowest BCUT2D eigenvalue weighted by Gasteiger charge is -2.28. The zero-order chi connectivity index (χ0) is 24.2. The molecule has 0 spiro atoms. The van der Waals surface area contributed by atoms with E-state index in [1.807, 2.05) is 12.1 Å². The summed E-state index contributed by atoms with van der Waals surface area (Å²) in [5, 5.41) is 13.2. The Morgan fingerprint density at radius 3 is 2.56 bits per heavy atom. The highest BCUT2D eigenvalue weighted by molar-refractivity contribution is 9.10. The van der Waals surface area contributed by atoms with E-state index in [0.29, 0.717) is 40.7 Å². The Hall–Kier alpha value is -3.22. The van der Waals surface area contributed by atoms with E-state index in [4.69, 9.17) is 4.74 Å². The van der Waals surface area contributed by atoms with Crippen LogP contribution in [0.3, 0.4) is 0 Å². The number of benzene rings is 2. The van der Waals surface area contributed by atoms with E-state index in [0.717, 1.165) is 23.7 Å². The highest BCUT2D eigenvalue weighted by Crippen LogP contribution is 2.34. The number of nitro benzene ring substituents is 1. The lowest BCUT2D eigenvalue weighted by atomic mass is 10.2. The fourth-order valence-corrected chi connectivity index (χ4v) is 4.70. The van der Waals surface area contributed by atoms with Crippen LogP contribution in [0.2, 0.25) is 0 Å². The van der Waals surface area contributed by atoms with Crippen molar-refractivity contribution in [3.05, 3.63) is 67.5 Å². The number of nitrogens with zero attached hydrogens (tertiary/aromatic N) is 3. The summed E-state index contributed by atoms with van der Waals surface area (Å²) in [6.45, 7) is 2.50. The van der Waals surface area contributed by atoms with Crippen LogP contribution in [-0.4, -0.2) is 59.7 Å². The van der Waals surface area contributed by atoms with Crippen molar-refractivity contribution in [2.75, 3.05) is 43.1 Å². The Morgan fingerprint density at radius 1 is 1.18 bits per heavy atom. The molecule has 2 heterocycles. The lowest BCUT2D eigenvalue weighted by Crippen LogP contribution is -2.36. The number of hydrogen-bond acceptors (Lipinski definition) is 8. The van der Waals surface area contributed by atoms with E-state index < -0.39 is 28.5 Å². The first-order valence-electron chi connectivity index (χ1n) is 10.2. The number of carbonyl (C=O) groups is 3. The van der Waals surface area contributed by atoms with Gasteiger partial charge in [0.25, 0.3) is 16.8 Å². The maximum absolute atomic E-state index is 12.7. The number of morpholine rings is 1. The van der Waals surface area contributed by atoms with Crippen molar-refractivity contribution in [1.82, 2.24) is 4.90 Å². The van der Waals surface area contributed by atoms with Crippen molar-refractivity contribution >= 4 is 67.9 Å². The number of thioether (sulfide) groups is 1. The van der Waals surface area contributed by atoms with Crippen LogP contribution in [0.1, 0.15) is 5.56 Å². The van der Waals surface area contributed by atoms with Crippen molar-refractivity contribution in [2.24, 2.45) is 0 Å². The normalized spacial score (nSPS) is 17.4. The van der Waals surface area contributed by atoms with E-state index in [2.05, 4.69) is 26.1 Å². The third kappa shape index (κ3) is 5.46. The fraction of sp³-hybridized carbons (Fsp3) is 0.227. The van der Waals surface area contributed by atoms with Crippen LogP contribution in [0, 0.1) is 10.1 Å². The van der Waals surface area contributed by atoms with E-state index in [1.165, 1.54) is 18.2 Å². The molecule has 3 amide bonds. The zero-order valence-electron chi connectivity index (χ0n) is 17.7. The van der Waals surface area contributed by atoms with Gasteiger partial charge in [-0.3, -0.25) is 29.4 Å². The SMILES string of the molecule is O=C(CN1C(=O)S/C(=C\c2ccc(Br)c([N+](=O)[O-])c2)C1=O)Nc1ccc(N2CCOCC2)cc1. The van der Waals surface area contributed by atoms with Gasteiger partial charge < -0.3 is 15.0 Å². The van der Waals surface area contributed by atoms with Gasteiger partial charge in [-0.25, -0.2) is 0 Å². The third-order valence-electron chi connectivity index (χ3n) is 5.17. The Balaban J connectivity index is 1.39. The molecule has 10 nitrogen and oxygen atoms in total. The molecule has 0 aliphatic carbocycles. The number of anilines is 2. The van der Waals surface area contributed by atoms with Gasteiger partial charge >= 0.3 is 0 Å². The topological polar surface area (TPSA) is 122 Å². The standard InChI is InChI=1S/C22H19BrN4O6S/c23-17-6-1-14(11-18(17)27(31)32)12-19-21(29)26(22(30)34-19)13-20(28)24-15-2-4-16(5-3-15)25-7-9-33-10-8-25/h1-6,11-12H,7-10,13H2,(H,24,28)/b19-12-. The van der Waals surface area contributed by atoms with E-state index in [1.54, 1.807) is 18.2 Å². The number of carbonyl (C=O) groups excluding carboxylic acids is 3. The Labute approximate surface area is 207 Å². The zero-order valence-corrected chi connectivity index (χ0v) is 20.1. The third-order valence-corrected chi connectivity index (χ3v) is 6.75. The quantitative estimate of drug-likeness (QED) is 0.329. The van der Waals surface area contributed by atoms with Crippen molar-refractivity contribution in [3.63, 3.8) is 0 Å². The van der Waals surface area contributed by atoms with E-state index in [9.17, 15) is 24.5 Å². The molecule has 2 aromatic rings. The second-order valence-corrected chi connectivity index (χ2v) is 9.28. The van der Waals surface area contributed by atoms with E-state index >= 15 is 0 Å². The van der Waals surface area contributed by atoms with Crippen molar-refractivity contribution in [1.29, 1.82) is 0 Å². The average Bonchev–Trinajstić information content (AvgIpc) is 3.08. The Morgan fingerprint density at radius 2 is 1.88 bits per heavy atom. The molecule has 2 aliphatic heterocycles. The fourth-order valence-electron chi connectivity index (χ4n) is 3.47. The summed E-state index contributed by atoms with van der Waals surface area (Å²) >= 11 is 3.79. The van der Waals surface area contributed by atoms with Gasteiger partial charge in [-0.1, -0.05) is 6.07 Å². The van der Waals surface area contributed by atoms with Crippen LogP contribution in [0.25, 0.3) is 6.08 Å². The highest BCUT2D eigenvalue weighted by atomic mass is 79.9.